The van der Waals surface area contributed by atoms with Gasteiger partial charge < -0.3 is 5.73 Å². The molecule has 8 heteroatoms. The van der Waals surface area contributed by atoms with Gasteiger partial charge >= 0.3 is 0 Å². The predicted octanol–water partition coefficient (Wildman–Crippen LogP) is 2.80. The third-order valence-electron chi connectivity index (χ3n) is 3.87. The normalized spacial score (nSPS) is 12.1. The van der Waals surface area contributed by atoms with Gasteiger partial charge in [0.05, 0.1) is 18.1 Å². The maximum atomic E-state index is 14.6. The molecule has 0 fully saturated rings. The quantitative estimate of drug-likeness (QED) is 0.578. The van der Waals surface area contributed by atoms with Crippen LogP contribution in [0.15, 0.2) is 54.9 Å². The zero-order chi connectivity index (χ0) is 18.5. The second-order valence-electron chi connectivity index (χ2n) is 5.57. The van der Waals surface area contributed by atoms with Crippen LogP contribution in [0, 0.1) is 5.82 Å². The predicted molar refractivity (Wildman–Crippen MR) is 99.8 cm³/mol. The zero-order valence-electron chi connectivity index (χ0n) is 13.7. The lowest BCUT2D eigenvalue weighted by atomic mass is 9.96. The highest BCUT2D eigenvalue weighted by atomic mass is 32.2. The fraction of sp³-hybridized carbons (Fsp3) is 0.111. The summed E-state index contributed by atoms with van der Waals surface area (Å²) in [5, 5.41) is 0. The zero-order valence-corrected chi connectivity index (χ0v) is 14.5. The third-order valence-corrected chi connectivity index (χ3v) is 4.32. The molecule has 1 aromatic heterocycles. The van der Waals surface area contributed by atoms with Crippen LogP contribution < -0.4 is 10.5 Å². The first kappa shape index (κ1) is 18.1. The number of anilines is 1. The molecule has 2 aromatic carbocycles. The van der Waals surface area contributed by atoms with Crippen molar-refractivity contribution in [2.24, 2.45) is 0 Å². The van der Waals surface area contributed by atoms with Crippen LogP contribution in [0.4, 0.5) is 10.2 Å². The molecule has 3 aromatic rings. The molecular weight excluding hydrogens is 355 g/mol. The van der Waals surface area contributed by atoms with E-state index >= 15 is 0 Å². The van der Waals surface area contributed by atoms with E-state index in [1.54, 1.807) is 6.07 Å². The van der Waals surface area contributed by atoms with Gasteiger partial charge in [-0.1, -0.05) is 30.3 Å². The Morgan fingerprint density at radius 3 is 2.62 bits per heavy atom. The Morgan fingerprint density at radius 1 is 1.12 bits per heavy atom. The van der Waals surface area contributed by atoms with Crippen molar-refractivity contribution in [3.63, 3.8) is 0 Å². The third kappa shape index (κ3) is 4.29. The Bertz CT molecular complexity index is 935. The Labute approximate surface area is 152 Å². The van der Waals surface area contributed by atoms with Crippen molar-refractivity contribution in [3.05, 3.63) is 66.2 Å². The van der Waals surface area contributed by atoms with Gasteiger partial charge in [-0.15, -0.1) is 0 Å². The van der Waals surface area contributed by atoms with Crippen LogP contribution in [0.5, 0.6) is 0 Å². The van der Waals surface area contributed by atoms with Gasteiger partial charge in [-0.05, 0) is 35.2 Å². The average molecular weight is 372 g/mol. The minimum absolute atomic E-state index is 0.275. The Morgan fingerprint density at radius 2 is 1.92 bits per heavy atom. The maximum absolute atomic E-state index is 14.6. The molecule has 26 heavy (non-hydrogen) atoms. The van der Waals surface area contributed by atoms with E-state index in [-0.39, 0.29) is 5.82 Å². The van der Waals surface area contributed by atoms with Crippen molar-refractivity contribution < 1.29 is 13.2 Å². The standard InChI is InChI=1S/C18H17FN4O2S/c19-16-9-13(5-6-15(16)17-10-22-18(20)11-21-17)14-4-2-1-3-12(14)7-8-23-26(24)25/h1-6,9-11,23H,7-8H2,(H2,20,22)(H,24,25). The van der Waals surface area contributed by atoms with Crippen LogP contribution >= 0.6 is 0 Å². The molecule has 0 aliphatic rings. The van der Waals surface area contributed by atoms with Gasteiger partial charge in [-0.3, -0.25) is 9.54 Å². The van der Waals surface area contributed by atoms with Gasteiger partial charge in [0.1, 0.15) is 11.6 Å². The molecule has 1 heterocycles. The lowest BCUT2D eigenvalue weighted by Crippen LogP contribution is -2.19. The number of halogens is 1. The van der Waals surface area contributed by atoms with Gasteiger partial charge in [0.25, 0.3) is 0 Å². The molecule has 0 amide bonds. The van der Waals surface area contributed by atoms with E-state index < -0.39 is 17.1 Å². The molecule has 0 aliphatic heterocycles. The van der Waals surface area contributed by atoms with E-state index in [4.69, 9.17) is 10.3 Å². The van der Waals surface area contributed by atoms with Crippen LogP contribution in [0.1, 0.15) is 5.56 Å². The van der Waals surface area contributed by atoms with Gasteiger partial charge in [0.15, 0.2) is 0 Å². The van der Waals surface area contributed by atoms with Crippen LogP contribution in [-0.2, 0) is 17.7 Å². The summed E-state index contributed by atoms with van der Waals surface area (Å²) in [7, 11) is 0. The summed E-state index contributed by atoms with van der Waals surface area (Å²) in [4.78, 5) is 8.03. The van der Waals surface area contributed by atoms with Crippen molar-refractivity contribution >= 4 is 17.1 Å². The first-order valence-corrected chi connectivity index (χ1v) is 8.95. The first-order chi connectivity index (χ1) is 12.5. The van der Waals surface area contributed by atoms with Crippen LogP contribution in [0.2, 0.25) is 0 Å². The Balaban J connectivity index is 1.90. The number of benzene rings is 2. The number of rotatable bonds is 6. The van der Waals surface area contributed by atoms with E-state index in [1.807, 2.05) is 30.3 Å². The van der Waals surface area contributed by atoms with Crippen LogP contribution in [-0.4, -0.2) is 25.3 Å². The minimum Gasteiger partial charge on any atom is -0.382 e. The molecular formula is C18H17FN4O2S. The Kier molecular flexibility index (Phi) is 5.67. The van der Waals surface area contributed by atoms with Crippen molar-refractivity contribution in [2.75, 3.05) is 12.3 Å². The summed E-state index contributed by atoms with van der Waals surface area (Å²) < 4.78 is 36.6. The van der Waals surface area contributed by atoms with E-state index in [1.165, 1.54) is 18.5 Å². The van der Waals surface area contributed by atoms with Crippen molar-refractivity contribution in [2.45, 2.75) is 6.42 Å². The molecule has 0 bridgehead atoms. The number of hydrogen-bond acceptors (Lipinski definition) is 4. The highest BCUT2D eigenvalue weighted by Gasteiger charge is 2.11. The number of nitrogens with zero attached hydrogens (tertiary/aromatic N) is 2. The highest BCUT2D eigenvalue weighted by molar-refractivity contribution is 7.77. The smallest absolute Gasteiger partial charge is 0.231 e. The van der Waals surface area contributed by atoms with E-state index in [0.717, 1.165) is 16.7 Å². The van der Waals surface area contributed by atoms with Crippen LogP contribution in [0.3, 0.4) is 0 Å². The summed E-state index contributed by atoms with van der Waals surface area (Å²) >= 11 is -2.05. The second-order valence-corrected chi connectivity index (χ2v) is 6.36. The van der Waals surface area contributed by atoms with Crippen molar-refractivity contribution in [3.8, 4) is 22.4 Å². The van der Waals surface area contributed by atoms with Gasteiger partial charge in [-0.25, -0.2) is 18.3 Å². The van der Waals surface area contributed by atoms with E-state index in [2.05, 4.69) is 14.7 Å². The lowest BCUT2D eigenvalue weighted by Gasteiger charge is -2.11. The second kappa shape index (κ2) is 8.13. The summed E-state index contributed by atoms with van der Waals surface area (Å²) in [5.41, 5.74) is 8.80. The van der Waals surface area contributed by atoms with Crippen molar-refractivity contribution in [1.82, 2.24) is 14.7 Å². The number of nitrogens with one attached hydrogen (secondary N) is 1. The number of nitrogens with two attached hydrogens (primary N) is 1. The molecule has 1 unspecified atom stereocenters. The molecule has 0 saturated carbocycles. The summed E-state index contributed by atoms with van der Waals surface area (Å²) in [5.74, 6) is -0.136. The summed E-state index contributed by atoms with van der Waals surface area (Å²) in [6.07, 6.45) is 3.35. The van der Waals surface area contributed by atoms with Gasteiger partial charge in [0, 0.05) is 12.1 Å². The number of hydrogen-bond donors (Lipinski definition) is 3. The minimum atomic E-state index is -2.05. The summed E-state index contributed by atoms with van der Waals surface area (Å²) in [6.45, 7) is 0.335. The number of nitrogen functional groups attached to an aromatic ring is 1. The fourth-order valence-corrected chi connectivity index (χ4v) is 2.94. The molecule has 0 saturated heterocycles. The summed E-state index contributed by atoms with van der Waals surface area (Å²) in [6, 6.07) is 12.5. The lowest BCUT2D eigenvalue weighted by molar-refractivity contribution is 0.549. The molecule has 4 N–H and O–H groups in total. The number of aromatic nitrogens is 2. The molecule has 134 valence electrons. The first-order valence-electron chi connectivity index (χ1n) is 7.84. The van der Waals surface area contributed by atoms with Crippen molar-refractivity contribution in [1.29, 1.82) is 0 Å². The van der Waals surface area contributed by atoms with Gasteiger partial charge in [0.2, 0.25) is 11.3 Å². The molecule has 0 aliphatic carbocycles. The molecule has 3 rings (SSSR count). The van der Waals surface area contributed by atoms with Crippen LogP contribution in [0.25, 0.3) is 22.4 Å². The largest absolute Gasteiger partial charge is 0.382 e. The molecule has 1 atom stereocenters. The topological polar surface area (TPSA) is 101 Å². The fourth-order valence-electron chi connectivity index (χ4n) is 2.66. The molecule has 6 nitrogen and oxygen atoms in total. The average Bonchev–Trinajstić information content (AvgIpc) is 2.63. The monoisotopic (exact) mass is 372 g/mol. The highest BCUT2D eigenvalue weighted by Crippen LogP contribution is 2.29. The van der Waals surface area contributed by atoms with Gasteiger partial charge in [-0.2, -0.15) is 0 Å². The molecule has 0 radical (unpaired) electrons. The Hall–Kier alpha value is -2.68. The van der Waals surface area contributed by atoms with E-state index in [9.17, 15) is 8.60 Å². The van der Waals surface area contributed by atoms with E-state index in [0.29, 0.717) is 24.2 Å². The maximum Gasteiger partial charge on any atom is 0.231 e. The molecule has 0 spiro atoms. The SMILES string of the molecule is Nc1cnc(-c2ccc(-c3ccccc3CCNS(=O)O)cc2F)cn1.